The van der Waals surface area contributed by atoms with Gasteiger partial charge in [0.05, 0.1) is 0 Å². The number of allylic oxidation sites excluding steroid dienone is 1. The van der Waals surface area contributed by atoms with Gasteiger partial charge in [-0.3, -0.25) is 9.59 Å². The van der Waals surface area contributed by atoms with Gasteiger partial charge in [-0.25, -0.2) is 4.79 Å². The molecule has 4 nitrogen and oxygen atoms in total. The van der Waals surface area contributed by atoms with Crippen molar-refractivity contribution in [2.45, 2.75) is 64.9 Å². The van der Waals surface area contributed by atoms with Crippen molar-refractivity contribution >= 4 is 51.6 Å². The molecule has 4 aliphatic rings. The Morgan fingerprint density at radius 2 is 1.66 bits per heavy atom. The molecule has 0 aromatic rings. The molecular formula is C22H32BrClMgO4. The number of esters is 1. The molecule has 5 unspecified atom stereocenters. The summed E-state index contributed by atoms with van der Waals surface area (Å²) in [6, 6.07) is 0. The van der Waals surface area contributed by atoms with Crippen molar-refractivity contribution in [1.29, 1.82) is 0 Å². The van der Waals surface area contributed by atoms with E-state index in [-0.39, 0.29) is 59.0 Å². The van der Waals surface area contributed by atoms with E-state index in [1.165, 1.54) is 25.7 Å². The van der Waals surface area contributed by atoms with Crippen LogP contribution in [0.15, 0.2) is 24.3 Å². The molecule has 4 rings (SSSR count). The molecule has 4 aliphatic carbocycles. The molecule has 0 aliphatic heterocycles. The average Bonchev–Trinajstić information content (AvgIpc) is 3.45. The smallest absolute Gasteiger partial charge is 1.00 e. The second kappa shape index (κ2) is 12.6. The van der Waals surface area contributed by atoms with E-state index in [0.29, 0.717) is 28.8 Å². The fourth-order valence-corrected chi connectivity index (χ4v) is 3.87. The van der Waals surface area contributed by atoms with Gasteiger partial charge in [0.1, 0.15) is 11.4 Å². The van der Waals surface area contributed by atoms with E-state index in [0.717, 1.165) is 24.7 Å². The Labute approximate surface area is 207 Å². The van der Waals surface area contributed by atoms with Gasteiger partial charge in [0.25, 0.3) is 0 Å². The van der Waals surface area contributed by atoms with E-state index in [1.807, 2.05) is 0 Å². The van der Waals surface area contributed by atoms with Crippen LogP contribution in [0.25, 0.3) is 0 Å². The Morgan fingerprint density at radius 1 is 1.10 bits per heavy atom. The number of carbonyl (C=O) groups excluding carboxylic acids is 3. The number of fused-ring (bicyclic) bond motifs is 2. The normalized spacial score (nSPS) is 31.2. The maximum atomic E-state index is 11.3. The van der Waals surface area contributed by atoms with Gasteiger partial charge in [0.2, 0.25) is 5.24 Å². The minimum atomic E-state index is -0.463. The van der Waals surface area contributed by atoms with Crippen molar-refractivity contribution in [2.75, 3.05) is 0 Å². The molecule has 0 radical (unpaired) electrons. The summed E-state index contributed by atoms with van der Waals surface area (Å²) in [6.07, 6.45) is 6.81. The summed E-state index contributed by atoms with van der Waals surface area (Å²) in [5, 5.41) is -0.463. The quantitative estimate of drug-likeness (QED) is 0.195. The first-order chi connectivity index (χ1) is 12.0. The van der Waals surface area contributed by atoms with Gasteiger partial charge in [-0.15, -0.1) is 0 Å². The minimum Gasteiger partial charge on any atom is -1.00 e. The second-order valence-corrected chi connectivity index (χ2v) is 8.63. The minimum absolute atomic E-state index is 0. The van der Waals surface area contributed by atoms with Crippen LogP contribution in [0.1, 0.15) is 59.3 Å². The van der Waals surface area contributed by atoms with Gasteiger partial charge < -0.3 is 29.1 Å². The van der Waals surface area contributed by atoms with E-state index in [4.69, 9.17) is 16.3 Å². The zero-order valence-electron chi connectivity index (χ0n) is 18.1. The average molecular weight is 500 g/mol. The Bertz CT molecular complexity index is 639. The van der Waals surface area contributed by atoms with Crippen molar-refractivity contribution in [2.24, 2.45) is 23.7 Å². The van der Waals surface area contributed by atoms with Crippen molar-refractivity contribution in [3.63, 3.8) is 0 Å². The van der Waals surface area contributed by atoms with E-state index < -0.39 is 5.24 Å². The number of rotatable bonds is 3. The van der Waals surface area contributed by atoms with Crippen LogP contribution in [0.2, 0.25) is 0 Å². The van der Waals surface area contributed by atoms with Crippen LogP contribution in [0.3, 0.4) is 0 Å². The molecule has 0 N–H and O–H groups in total. The van der Waals surface area contributed by atoms with Crippen LogP contribution in [0, 0.1) is 31.1 Å². The summed E-state index contributed by atoms with van der Waals surface area (Å²) < 4.78 is 5.48. The molecule has 0 spiro atoms. The zero-order valence-corrected chi connectivity index (χ0v) is 21.8. The van der Waals surface area contributed by atoms with Crippen molar-refractivity contribution < 1.29 is 36.1 Å². The van der Waals surface area contributed by atoms with Gasteiger partial charge in [0.15, 0.2) is 0 Å². The van der Waals surface area contributed by atoms with Gasteiger partial charge in [-0.05, 0) is 76.3 Å². The molecule has 4 fully saturated rings. The standard InChI is InChI=1S/C11H16O2.C6H8O.C4H5ClO.CH3.BrH.Mg/c1-7(2)10(12)13-11(3)5-4-8-6-9(8)11;7-6-2-1-4-3-5(4)6;1-3(2)4(5)6;;;/h8-9H,1,4-6H2,2-3H3;4-5H,1-3H2;1H2,2H3;1H3;1H;/q;;;-1;;+2/p-1. The Balaban J connectivity index is 0. The molecule has 0 aromatic heterocycles. The third-order valence-corrected chi connectivity index (χ3v) is 6.15. The van der Waals surface area contributed by atoms with Crippen LogP contribution in [0.5, 0.6) is 0 Å². The van der Waals surface area contributed by atoms with Crippen LogP contribution < -0.4 is 17.0 Å². The fraction of sp³-hybridized carbons (Fsp3) is 0.636. The Hall–Kier alpha value is -0.174. The predicted molar refractivity (Wildman–Crippen MR) is 114 cm³/mol. The number of hydrogen-bond acceptors (Lipinski definition) is 4. The Morgan fingerprint density at radius 3 is 1.86 bits per heavy atom. The summed E-state index contributed by atoms with van der Waals surface area (Å²) in [7, 11) is 0. The topological polar surface area (TPSA) is 60.4 Å². The molecule has 7 heteroatoms. The summed E-state index contributed by atoms with van der Waals surface area (Å²) in [4.78, 5) is 31.8. The molecule has 0 heterocycles. The third-order valence-electron chi connectivity index (χ3n) is 5.83. The number of Topliss-reactive ketones (excluding diaryl/α,β-unsaturated/α-hetero) is 1. The first-order valence-corrected chi connectivity index (χ1v) is 9.70. The van der Waals surface area contributed by atoms with E-state index in [9.17, 15) is 14.4 Å². The molecule has 0 amide bonds. The van der Waals surface area contributed by atoms with Crippen molar-refractivity contribution in [3.05, 3.63) is 31.7 Å². The number of carbonyl (C=O) groups is 3. The molecule has 4 saturated carbocycles. The maximum absolute atomic E-state index is 11.3. The van der Waals surface area contributed by atoms with Gasteiger partial charge in [-0.1, -0.05) is 13.2 Å². The second-order valence-electron chi connectivity index (χ2n) is 8.28. The van der Waals surface area contributed by atoms with E-state index in [2.05, 4.69) is 20.1 Å². The number of ketones is 1. The predicted octanol–water partition coefficient (Wildman–Crippen LogP) is 1.68. The number of halogens is 2. The summed E-state index contributed by atoms with van der Waals surface area (Å²) in [6.45, 7) is 12.2. The molecule has 0 saturated heterocycles. The first kappa shape index (κ1) is 31.0. The third kappa shape index (κ3) is 8.84. The largest absolute Gasteiger partial charge is 2.00 e. The van der Waals surface area contributed by atoms with Crippen molar-refractivity contribution in [1.82, 2.24) is 0 Å². The van der Waals surface area contributed by atoms with Gasteiger partial charge in [-0.2, -0.15) is 0 Å². The van der Waals surface area contributed by atoms with Crippen LogP contribution in [-0.2, 0) is 19.1 Å². The molecule has 0 bridgehead atoms. The SMILES string of the molecule is C=C(C)C(=O)Cl.C=C(C)C(=O)OC1(C)CCC2CC21.O=C1CCC2CC12.[Br-].[CH3-].[Mg+2]. The van der Waals surface area contributed by atoms with Crippen LogP contribution in [-0.4, -0.2) is 45.6 Å². The summed E-state index contributed by atoms with van der Waals surface area (Å²) in [5.74, 6) is 3.16. The molecule has 160 valence electrons. The molecule has 0 aromatic carbocycles. The summed E-state index contributed by atoms with van der Waals surface area (Å²) >= 11 is 4.87. The molecule has 5 atom stereocenters. The first-order valence-electron chi connectivity index (χ1n) is 9.32. The number of ether oxygens (including phenoxy) is 1. The zero-order chi connectivity index (χ0) is 19.6. The van der Waals surface area contributed by atoms with E-state index >= 15 is 0 Å². The van der Waals surface area contributed by atoms with E-state index in [1.54, 1.807) is 13.8 Å². The Kier molecular flexibility index (Phi) is 13.5. The summed E-state index contributed by atoms with van der Waals surface area (Å²) in [5.41, 5.74) is 0.711. The monoisotopic (exact) mass is 498 g/mol. The maximum Gasteiger partial charge on any atom is 2.00 e. The van der Waals surface area contributed by atoms with Crippen LogP contribution in [0.4, 0.5) is 0 Å². The molecule has 29 heavy (non-hydrogen) atoms. The van der Waals surface area contributed by atoms with Crippen molar-refractivity contribution in [3.8, 4) is 0 Å². The van der Waals surface area contributed by atoms with Crippen LogP contribution >= 0.6 is 11.6 Å². The number of hydrogen-bond donors (Lipinski definition) is 0. The molecular weight excluding hydrogens is 468 g/mol. The fourth-order valence-electron chi connectivity index (χ4n) is 3.87. The van der Waals surface area contributed by atoms with Gasteiger partial charge in [0, 0.05) is 29.4 Å². The van der Waals surface area contributed by atoms with Gasteiger partial charge >= 0.3 is 29.0 Å².